The molecule has 2 aromatic carbocycles. The molecule has 0 aliphatic rings. The minimum atomic E-state index is -4.51. The number of fused-ring (bicyclic) bond motifs is 1. The number of benzene rings is 2. The molecule has 126 valence electrons. The summed E-state index contributed by atoms with van der Waals surface area (Å²) in [6.07, 6.45) is 0. The van der Waals surface area contributed by atoms with E-state index in [9.17, 15) is 13.0 Å². The van der Waals surface area contributed by atoms with Gasteiger partial charge in [-0.2, -0.15) is 0 Å². The maximum atomic E-state index is 11.7. The molecule has 3 nitrogen and oxygen atoms in total. The summed E-state index contributed by atoms with van der Waals surface area (Å²) in [5.74, 6) is 0.767. The van der Waals surface area contributed by atoms with Gasteiger partial charge in [-0.15, -0.1) is 0 Å². The summed E-state index contributed by atoms with van der Waals surface area (Å²) < 4.78 is 35.2. The van der Waals surface area contributed by atoms with Crippen LogP contribution in [0.5, 0.6) is 0 Å². The minimum Gasteiger partial charge on any atom is -0.744 e. The van der Waals surface area contributed by atoms with Crippen molar-refractivity contribution in [1.29, 1.82) is 0 Å². The Balaban J connectivity index is 0.00000288. The van der Waals surface area contributed by atoms with Gasteiger partial charge in [0.25, 0.3) is 0 Å². The SMILES string of the molecule is CC(C)c1cc(C(C)C)c2c(C(C)C)ccc(S(=O)(=O)[O-])c2c1.[Na+]. The standard InChI is InChI=1S/C19H26O3S.Na/c1-11(2)14-9-16(13(5)6)19-15(12(3)4)7-8-18(17(19)10-14)23(20,21)22;/h7-13H,1-6H3,(H,20,21,22);/q;+1/p-1. The van der Waals surface area contributed by atoms with Crippen molar-refractivity contribution < 1.29 is 42.5 Å². The molecule has 5 heteroatoms. The fraction of sp³-hybridized carbons (Fsp3) is 0.474. The Kier molecular flexibility index (Phi) is 7.11. The zero-order chi connectivity index (χ0) is 17.5. The van der Waals surface area contributed by atoms with E-state index in [0.717, 1.165) is 22.1 Å². The van der Waals surface area contributed by atoms with Gasteiger partial charge in [0.2, 0.25) is 0 Å². The van der Waals surface area contributed by atoms with E-state index in [-0.39, 0.29) is 52.2 Å². The van der Waals surface area contributed by atoms with Gasteiger partial charge in [0.05, 0.1) is 4.90 Å². The van der Waals surface area contributed by atoms with Crippen molar-refractivity contribution in [2.45, 2.75) is 64.2 Å². The second-order valence-electron chi connectivity index (χ2n) is 7.10. The molecule has 0 fully saturated rings. The molecule has 0 aromatic heterocycles. The smallest absolute Gasteiger partial charge is 0.744 e. The van der Waals surface area contributed by atoms with Crippen molar-refractivity contribution in [3.8, 4) is 0 Å². The Bertz CT molecular complexity index is 837. The Morgan fingerprint density at radius 2 is 1.38 bits per heavy atom. The average Bonchev–Trinajstić information content (AvgIpc) is 2.43. The van der Waals surface area contributed by atoms with Gasteiger partial charge >= 0.3 is 29.6 Å². The molecule has 0 aliphatic heterocycles. The van der Waals surface area contributed by atoms with Crippen LogP contribution in [-0.2, 0) is 10.1 Å². The van der Waals surface area contributed by atoms with E-state index in [0.29, 0.717) is 5.39 Å². The second kappa shape index (κ2) is 7.88. The van der Waals surface area contributed by atoms with E-state index in [1.54, 1.807) is 6.07 Å². The first kappa shape index (κ1) is 21.7. The summed E-state index contributed by atoms with van der Waals surface area (Å²) in [5, 5.41) is 1.50. The van der Waals surface area contributed by atoms with Gasteiger partial charge in [0.15, 0.2) is 0 Å². The summed E-state index contributed by atoms with van der Waals surface area (Å²) in [6, 6.07) is 7.29. The molecule has 0 spiro atoms. The minimum absolute atomic E-state index is 0. The summed E-state index contributed by atoms with van der Waals surface area (Å²) in [7, 11) is -4.51. The number of hydrogen-bond donors (Lipinski definition) is 0. The molecule has 0 saturated heterocycles. The van der Waals surface area contributed by atoms with Crippen molar-refractivity contribution >= 4 is 20.9 Å². The van der Waals surface area contributed by atoms with Crippen molar-refractivity contribution in [1.82, 2.24) is 0 Å². The fourth-order valence-electron chi connectivity index (χ4n) is 3.03. The van der Waals surface area contributed by atoms with Crippen LogP contribution in [0.1, 0.15) is 76.0 Å². The molecule has 2 rings (SSSR count). The molecule has 0 aliphatic carbocycles. The predicted octanol–water partition coefficient (Wildman–Crippen LogP) is 2.12. The topological polar surface area (TPSA) is 57.2 Å². The van der Waals surface area contributed by atoms with Crippen LogP contribution in [0, 0.1) is 0 Å². The maximum absolute atomic E-state index is 11.7. The van der Waals surface area contributed by atoms with Crippen LogP contribution in [0.3, 0.4) is 0 Å². The molecule has 0 amide bonds. The largest absolute Gasteiger partial charge is 1.00 e. The van der Waals surface area contributed by atoms with Crippen LogP contribution in [-0.4, -0.2) is 13.0 Å². The van der Waals surface area contributed by atoms with Crippen LogP contribution >= 0.6 is 0 Å². The molecular weight excluding hydrogens is 331 g/mol. The molecule has 0 heterocycles. The third kappa shape index (κ3) is 4.23. The van der Waals surface area contributed by atoms with Crippen molar-refractivity contribution in [3.05, 3.63) is 41.0 Å². The van der Waals surface area contributed by atoms with E-state index in [1.165, 1.54) is 6.07 Å². The molecule has 0 N–H and O–H groups in total. The molecule has 24 heavy (non-hydrogen) atoms. The number of rotatable bonds is 4. The van der Waals surface area contributed by atoms with Crippen LogP contribution in [0.2, 0.25) is 0 Å². The quantitative estimate of drug-likeness (QED) is 0.623. The maximum Gasteiger partial charge on any atom is 1.00 e. The molecule has 0 atom stereocenters. The van der Waals surface area contributed by atoms with Crippen molar-refractivity contribution in [2.75, 3.05) is 0 Å². The van der Waals surface area contributed by atoms with Gasteiger partial charge in [0.1, 0.15) is 10.1 Å². The van der Waals surface area contributed by atoms with Crippen molar-refractivity contribution in [2.24, 2.45) is 0 Å². The third-order valence-electron chi connectivity index (χ3n) is 4.34. The van der Waals surface area contributed by atoms with E-state index < -0.39 is 10.1 Å². The van der Waals surface area contributed by atoms with Gasteiger partial charge in [-0.05, 0) is 52.0 Å². The zero-order valence-corrected chi connectivity index (χ0v) is 18.5. The monoisotopic (exact) mass is 356 g/mol. The first-order valence-corrected chi connectivity index (χ1v) is 9.51. The molecular formula is C19H25NaO3S. The molecule has 0 unspecified atom stereocenters. The average molecular weight is 356 g/mol. The summed E-state index contributed by atoms with van der Waals surface area (Å²) >= 11 is 0. The summed E-state index contributed by atoms with van der Waals surface area (Å²) in [5.41, 5.74) is 3.26. The Morgan fingerprint density at radius 1 is 0.833 bits per heavy atom. The Hall–Kier alpha value is -0.390. The second-order valence-corrected chi connectivity index (χ2v) is 8.45. The fourth-order valence-corrected chi connectivity index (χ4v) is 3.70. The first-order valence-electron chi connectivity index (χ1n) is 8.10. The van der Waals surface area contributed by atoms with Crippen LogP contribution in [0.25, 0.3) is 10.8 Å². The van der Waals surface area contributed by atoms with E-state index in [1.807, 2.05) is 6.07 Å². The molecule has 0 radical (unpaired) electrons. The van der Waals surface area contributed by atoms with Gasteiger partial charge in [0, 0.05) is 5.39 Å². The number of hydrogen-bond acceptors (Lipinski definition) is 3. The van der Waals surface area contributed by atoms with Crippen molar-refractivity contribution in [3.63, 3.8) is 0 Å². The van der Waals surface area contributed by atoms with Crippen LogP contribution in [0.4, 0.5) is 0 Å². The summed E-state index contributed by atoms with van der Waals surface area (Å²) in [6.45, 7) is 12.5. The van der Waals surface area contributed by atoms with Gasteiger partial charge < -0.3 is 4.55 Å². The third-order valence-corrected chi connectivity index (χ3v) is 5.23. The molecule has 2 aromatic rings. The van der Waals surface area contributed by atoms with Crippen LogP contribution < -0.4 is 29.6 Å². The van der Waals surface area contributed by atoms with Gasteiger partial charge in [-0.1, -0.05) is 53.7 Å². The van der Waals surface area contributed by atoms with Gasteiger partial charge in [-0.3, -0.25) is 0 Å². The Labute approximate surface area is 167 Å². The van der Waals surface area contributed by atoms with E-state index in [2.05, 4.69) is 47.6 Å². The van der Waals surface area contributed by atoms with E-state index >= 15 is 0 Å². The first-order chi connectivity index (χ1) is 10.5. The Morgan fingerprint density at radius 3 is 1.79 bits per heavy atom. The van der Waals surface area contributed by atoms with Crippen LogP contribution in [0.15, 0.2) is 29.2 Å². The zero-order valence-electron chi connectivity index (χ0n) is 15.7. The molecule has 0 saturated carbocycles. The summed E-state index contributed by atoms with van der Waals surface area (Å²) in [4.78, 5) is -0.110. The van der Waals surface area contributed by atoms with Gasteiger partial charge in [-0.25, -0.2) is 8.42 Å². The normalized spacial score (nSPS) is 12.2. The van der Waals surface area contributed by atoms with E-state index in [4.69, 9.17) is 0 Å². The molecule has 0 bridgehead atoms. The predicted molar refractivity (Wildman–Crippen MR) is 94.2 cm³/mol.